The zero-order valence-electron chi connectivity index (χ0n) is 12.1. The van der Waals surface area contributed by atoms with E-state index in [9.17, 15) is 0 Å². The second kappa shape index (κ2) is 7.45. The summed E-state index contributed by atoms with van der Waals surface area (Å²) in [4.78, 5) is 6.94. The van der Waals surface area contributed by atoms with Gasteiger partial charge in [0.2, 0.25) is 0 Å². The summed E-state index contributed by atoms with van der Waals surface area (Å²) < 4.78 is 0. The lowest BCUT2D eigenvalue weighted by Gasteiger charge is -2.15. The summed E-state index contributed by atoms with van der Waals surface area (Å²) in [6.45, 7) is 6.07. The van der Waals surface area contributed by atoms with Crippen LogP contribution in [0.5, 0.6) is 0 Å². The van der Waals surface area contributed by atoms with Crippen LogP contribution in [0.3, 0.4) is 0 Å². The van der Waals surface area contributed by atoms with E-state index in [1.54, 1.807) is 11.3 Å². The Kier molecular flexibility index (Phi) is 5.61. The van der Waals surface area contributed by atoms with E-state index in [1.165, 1.54) is 15.3 Å². The molecule has 0 bridgehead atoms. The number of nitrogens with one attached hydrogen (secondary N) is 2. The van der Waals surface area contributed by atoms with Gasteiger partial charge in [-0.1, -0.05) is 6.92 Å². The first kappa shape index (κ1) is 15.1. The van der Waals surface area contributed by atoms with Gasteiger partial charge in [0.1, 0.15) is 0 Å². The van der Waals surface area contributed by atoms with Gasteiger partial charge in [0.05, 0.1) is 6.54 Å². The zero-order valence-corrected chi connectivity index (χ0v) is 13.8. The molecule has 0 aliphatic heterocycles. The highest BCUT2D eigenvalue weighted by atomic mass is 32.1. The van der Waals surface area contributed by atoms with E-state index in [0.29, 0.717) is 5.92 Å². The lowest BCUT2D eigenvalue weighted by Crippen LogP contribution is -2.38. The van der Waals surface area contributed by atoms with Crippen molar-refractivity contribution in [1.29, 1.82) is 0 Å². The van der Waals surface area contributed by atoms with E-state index >= 15 is 0 Å². The number of thiophene rings is 2. The first-order valence-electron chi connectivity index (χ1n) is 6.71. The summed E-state index contributed by atoms with van der Waals surface area (Å²) >= 11 is 3.56. The molecular formula is C15H21N3S2. The molecule has 0 saturated heterocycles. The van der Waals surface area contributed by atoms with E-state index in [4.69, 9.17) is 0 Å². The molecule has 0 saturated carbocycles. The topological polar surface area (TPSA) is 36.4 Å². The molecule has 2 aromatic heterocycles. The number of hydrogen-bond acceptors (Lipinski definition) is 3. The Labute approximate surface area is 128 Å². The van der Waals surface area contributed by atoms with Gasteiger partial charge in [0, 0.05) is 23.3 Å². The van der Waals surface area contributed by atoms with E-state index in [1.807, 2.05) is 18.4 Å². The summed E-state index contributed by atoms with van der Waals surface area (Å²) in [5.74, 6) is 1.35. The maximum absolute atomic E-state index is 4.26. The number of nitrogens with zero attached hydrogens (tertiary/aromatic N) is 1. The van der Waals surface area contributed by atoms with Gasteiger partial charge in [-0.2, -0.15) is 11.3 Å². The molecule has 1 atom stereocenters. The van der Waals surface area contributed by atoms with Crippen molar-refractivity contribution in [2.75, 3.05) is 13.6 Å². The molecule has 0 aliphatic rings. The maximum Gasteiger partial charge on any atom is 0.191 e. The fraction of sp³-hybridized carbons (Fsp3) is 0.400. The molecule has 1 unspecified atom stereocenters. The normalized spacial score (nSPS) is 13.2. The Hall–Kier alpha value is -1.33. The fourth-order valence-corrected chi connectivity index (χ4v) is 3.51. The van der Waals surface area contributed by atoms with E-state index in [-0.39, 0.29) is 0 Å². The quantitative estimate of drug-likeness (QED) is 0.654. The molecule has 3 nitrogen and oxygen atoms in total. The van der Waals surface area contributed by atoms with Crippen LogP contribution >= 0.6 is 22.7 Å². The molecule has 2 aromatic rings. The van der Waals surface area contributed by atoms with Crippen molar-refractivity contribution < 1.29 is 0 Å². The second-order valence-electron chi connectivity index (χ2n) is 4.78. The van der Waals surface area contributed by atoms with Crippen molar-refractivity contribution in [3.8, 4) is 0 Å². The Morgan fingerprint density at radius 2 is 2.15 bits per heavy atom. The van der Waals surface area contributed by atoms with Crippen molar-refractivity contribution in [2.24, 2.45) is 4.99 Å². The third kappa shape index (κ3) is 4.35. The molecule has 2 rings (SSSR count). The van der Waals surface area contributed by atoms with Crippen molar-refractivity contribution in [2.45, 2.75) is 26.3 Å². The van der Waals surface area contributed by atoms with Crippen LogP contribution in [0.15, 0.2) is 34.0 Å². The molecule has 0 aliphatic carbocycles. The van der Waals surface area contributed by atoms with Crippen LogP contribution in [0.4, 0.5) is 0 Å². The number of aryl methyl sites for hydroxylation is 1. The van der Waals surface area contributed by atoms with Gasteiger partial charge in [-0.05, 0) is 47.4 Å². The first-order chi connectivity index (χ1) is 9.69. The molecule has 0 spiro atoms. The van der Waals surface area contributed by atoms with Gasteiger partial charge in [0.25, 0.3) is 0 Å². The molecule has 2 heterocycles. The average Bonchev–Trinajstić information content (AvgIpc) is 3.10. The molecule has 20 heavy (non-hydrogen) atoms. The third-order valence-electron chi connectivity index (χ3n) is 3.14. The molecule has 0 aromatic carbocycles. The van der Waals surface area contributed by atoms with Crippen LogP contribution < -0.4 is 10.6 Å². The minimum Gasteiger partial charge on any atom is -0.356 e. The molecule has 0 fully saturated rings. The Morgan fingerprint density at radius 3 is 2.75 bits per heavy atom. The van der Waals surface area contributed by atoms with Gasteiger partial charge in [0.15, 0.2) is 5.96 Å². The average molecular weight is 307 g/mol. The number of hydrogen-bond donors (Lipinski definition) is 2. The second-order valence-corrected chi connectivity index (χ2v) is 6.93. The van der Waals surface area contributed by atoms with Crippen molar-refractivity contribution in [3.63, 3.8) is 0 Å². The van der Waals surface area contributed by atoms with Gasteiger partial charge >= 0.3 is 0 Å². The molecule has 0 radical (unpaired) electrons. The van der Waals surface area contributed by atoms with Crippen molar-refractivity contribution in [1.82, 2.24) is 10.6 Å². The van der Waals surface area contributed by atoms with Crippen molar-refractivity contribution >= 4 is 28.6 Å². The molecule has 0 amide bonds. The Bertz CT molecular complexity index is 543. The van der Waals surface area contributed by atoms with Crippen LogP contribution in [0.25, 0.3) is 0 Å². The van der Waals surface area contributed by atoms with Crippen LogP contribution in [0.2, 0.25) is 0 Å². The largest absolute Gasteiger partial charge is 0.356 e. The smallest absolute Gasteiger partial charge is 0.191 e. The summed E-state index contributed by atoms with van der Waals surface area (Å²) in [6.07, 6.45) is 0. The summed E-state index contributed by atoms with van der Waals surface area (Å²) in [5, 5.41) is 11.1. The summed E-state index contributed by atoms with van der Waals surface area (Å²) in [5.41, 5.74) is 1.38. The minimum atomic E-state index is 0.490. The number of rotatable bonds is 5. The predicted molar refractivity (Wildman–Crippen MR) is 90.0 cm³/mol. The van der Waals surface area contributed by atoms with Crippen LogP contribution in [0.1, 0.15) is 28.2 Å². The molecule has 5 heteroatoms. The van der Waals surface area contributed by atoms with Gasteiger partial charge < -0.3 is 10.6 Å². The molecule has 2 N–H and O–H groups in total. The summed E-state index contributed by atoms with van der Waals surface area (Å²) in [7, 11) is 1.81. The van der Waals surface area contributed by atoms with Gasteiger partial charge in [-0.25, -0.2) is 0 Å². The van der Waals surface area contributed by atoms with E-state index < -0.39 is 0 Å². The zero-order chi connectivity index (χ0) is 14.4. The fourth-order valence-electron chi connectivity index (χ4n) is 1.89. The first-order valence-corrected chi connectivity index (χ1v) is 8.47. The highest BCUT2D eigenvalue weighted by Gasteiger charge is 2.07. The van der Waals surface area contributed by atoms with Gasteiger partial charge in [-0.3, -0.25) is 4.99 Å². The monoisotopic (exact) mass is 307 g/mol. The van der Waals surface area contributed by atoms with E-state index in [0.717, 1.165) is 19.0 Å². The van der Waals surface area contributed by atoms with Crippen molar-refractivity contribution in [3.05, 3.63) is 44.3 Å². The minimum absolute atomic E-state index is 0.490. The highest BCUT2D eigenvalue weighted by molar-refractivity contribution is 7.11. The van der Waals surface area contributed by atoms with Gasteiger partial charge in [-0.15, -0.1) is 11.3 Å². The standard InChI is InChI=1S/C15H21N3S2/c1-11(13-6-7-19-10-13)8-17-15(16-3)18-9-14-5-4-12(2)20-14/h4-7,10-11H,8-9H2,1-3H3,(H2,16,17,18). The number of aliphatic imine (C=N–C) groups is 1. The number of guanidine groups is 1. The summed E-state index contributed by atoms with van der Waals surface area (Å²) in [6, 6.07) is 6.49. The lowest BCUT2D eigenvalue weighted by atomic mass is 10.1. The van der Waals surface area contributed by atoms with Crippen LogP contribution in [-0.2, 0) is 6.54 Å². The SMILES string of the molecule is CN=C(NCc1ccc(C)s1)NCC(C)c1ccsc1. The third-order valence-corrected chi connectivity index (χ3v) is 4.84. The molecule has 108 valence electrons. The Balaban J connectivity index is 1.78. The Morgan fingerprint density at radius 1 is 1.30 bits per heavy atom. The van der Waals surface area contributed by atoms with E-state index in [2.05, 4.69) is 58.4 Å². The highest BCUT2D eigenvalue weighted by Crippen LogP contribution is 2.17. The van der Waals surface area contributed by atoms with Crippen LogP contribution in [-0.4, -0.2) is 19.6 Å². The van der Waals surface area contributed by atoms with Crippen LogP contribution in [0, 0.1) is 6.92 Å². The molecular weight excluding hydrogens is 286 g/mol. The maximum atomic E-state index is 4.26. The predicted octanol–water partition coefficient (Wildman–Crippen LogP) is 3.59. The lowest BCUT2D eigenvalue weighted by molar-refractivity contribution is 0.702.